The van der Waals surface area contributed by atoms with Crippen LogP contribution in [0.15, 0.2) is 39.9 Å². The Bertz CT molecular complexity index is 1270. The molecule has 1 aliphatic rings. The van der Waals surface area contributed by atoms with Gasteiger partial charge in [0, 0.05) is 22.8 Å². The molecule has 184 valence electrons. The average Bonchev–Trinajstić information content (AvgIpc) is 3.50. The molecule has 0 unspecified atom stereocenters. The van der Waals surface area contributed by atoms with Crippen LogP contribution in [0.5, 0.6) is 5.75 Å². The van der Waals surface area contributed by atoms with Crippen molar-refractivity contribution in [3.8, 4) is 5.75 Å². The van der Waals surface area contributed by atoms with Crippen LogP contribution in [0, 0.1) is 17.5 Å². The summed E-state index contributed by atoms with van der Waals surface area (Å²) >= 11 is 1.64. The molecular formula is C22H29N5O5S2. The fourth-order valence-corrected chi connectivity index (χ4v) is 6.73. The highest BCUT2D eigenvalue weighted by molar-refractivity contribution is 7.89. The van der Waals surface area contributed by atoms with Crippen molar-refractivity contribution in [3.05, 3.63) is 45.3 Å². The van der Waals surface area contributed by atoms with Crippen molar-refractivity contribution < 1.29 is 23.1 Å². The lowest BCUT2D eigenvalue weighted by Crippen LogP contribution is -2.29. The fraction of sp³-hybridized carbons (Fsp3) is 0.455. The molecule has 0 radical (unpaired) electrons. The third-order valence-electron chi connectivity index (χ3n) is 5.74. The van der Waals surface area contributed by atoms with Gasteiger partial charge in [-0.2, -0.15) is 4.31 Å². The van der Waals surface area contributed by atoms with E-state index in [1.165, 1.54) is 22.5 Å². The van der Waals surface area contributed by atoms with Crippen LogP contribution in [0.25, 0.3) is 0 Å². The van der Waals surface area contributed by atoms with Gasteiger partial charge in [0.05, 0.1) is 6.04 Å². The summed E-state index contributed by atoms with van der Waals surface area (Å²) in [6, 6.07) is 8.21. The Kier molecular flexibility index (Phi) is 6.49. The molecule has 3 aromatic rings. The summed E-state index contributed by atoms with van der Waals surface area (Å²) in [5, 5.41) is 33.2. The number of para-hydroxylation sites is 1. The zero-order chi connectivity index (χ0) is 24.7. The van der Waals surface area contributed by atoms with Crippen LogP contribution in [-0.4, -0.2) is 36.1 Å². The number of aryl methyl sites for hydroxylation is 1. The molecule has 1 atom stereocenters. The molecule has 1 aliphatic heterocycles. The number of hydrogen-bond acceptors (Lipinski definition) is 9. The number of benzene rings is 1. The quantitative estimate of drug-likeness (QED) is 0.321. The van der Waals surface area contributed by atoms with Crippen molar-refractivity contribution in [2.24, 2.45) is 5.41 Å². The molecule has 1 aromatic carbocycles. The van der Waals surface area contributed by atoms with E-state index in [-0.39, 0.29) is 38.6 Å². The molecule has 3 N–H and O–H groups in total. The van der Waals surface area contributed by atoms with Crippen molar-refractivity contribution in [3.63, 3.8) is 0 Å². The Morgan fingerprint density at radius 3 is 2.56 bits per heavy atom. The van der Waals surface area contributed by atoms with Crippen molar-refractivity contribution in [2.45, 2.75) is 51.5 Å². The van der Waals surface area contributed by atoms with Gasteiger partial charge in [-0.05, 0) is 54.6 Å². The number of phenolic OH excluding ortho intramolecular Hbond substituents is 1. The normalized spacial score (nSPS) is 16.0. The summed E-state index contributed by atoms with van der Waals surface area (Å²) in [4.78, 5) is 2.19. The lowest BCUT2D eigenvalue weighted by Gasteiger charge is -2.30. The largest absolute Gasteiger partial charge is 0.503 e. The molecule has 3 heterocycles. The van der Waals surface area contributed by atoms with Crippen molar-refractivity contribution in [2.75, 3.05) is 23.7 Å². The Balaban J connectivity index is 1.66. The second-order valence-electron chi connectivity index (χ2n) is 9.41. The highest BCUT2D eigenvalue weighted by Crippen LogP contribution is 2.41. The minimum absolute atomic E-state index is 0.0513. The number of nitrogens with zero attached hydrogens (tertiary/aromatic N) is 3. The standard InChI is InChI=1S/C22H29N5O5S2/c1-14-10-11-16(33-14)19(22(2,3)4)24-20-21(27(29)32-25-20)23-15-8-7-9-17(18(15)28)34(30,31)26-12-5-6-13-26/h7-11,19,23,28H,5-6,12-13H2,1-4H3,(H,24,25)/t19-/m0/s1. The van der Waals surface area contributed by atoms with E-state index < -0.39 is 15.8 Å². The van der Waals surface area contributed by atoms with Crippen LogP contribution in [-0.2, 0) is 10.0 Å². The van der Waals surface area contributed by atoms with Gasteiger partial charge < -0.3 is 20.3 Å². The maximum Gasteiger partial charge on any atom is 0.324 e. The summed E-state index contributed by atoms with van der Waals surface area (Å²) in [7, 11) is -3.86. The van der Waals surface area contributed by atoms with Crippen molar-refractivity contribution in [1.29, 1.82) is 0 Å². The van der Waals surface area contributed by atoms with Crippen LogP contribution < -0.4 is 15.5 Å². The monoisotopic (exact) mass is 507 g/mol. The van der Waals surface area contributed by atoms with Gasteiger partial charge >= 0.3 is 5.82 Å². The van der Waals surface area contributed by atoms with E-state index in [0.717, 1.165) is 22.6 Å². The molecule has 0 saturated carbocycles. The molecule has 0 bridgehead atoms. The second-order valence-corrected chi connectivity index (χ2v) is 12.6. The molecule has 4 rings (SSSR count). The van der Waals surface area contributed by atoms with Crippen molar-refractivity contribution in [1.82, 2.24) is 9.46 Å². The highest BCUT2D eigenvalue weighted by Gasteiger charge is 2.34. The summed E-state index contributed by atoms with van der Waals surface area (Å²) in [6.45, 7) is 9.05. The van der Waals surface area contributed by atoms with Gasteiger partial charge in [-0.15, -0.1) is 11.3 Å². The first-order valence-electron chi connectivity index (χ1n) is 11.0. The Morgan fingerprint density at radius 2 is 1.94 bits per heavy atom. The zero-order valence-electron chi connectivity index (χ0n) is 19.5. The van der Waals surface area contributed by atoms with Gasteiger partial charge in [0.15, 0.2) is 5.75 Å². The number of aromatic nitrogens is 2. The number of anilines is 3. The van der Waals surface area contributed by atoms with Gasteiger partial charge in [-0.25, -0.2) is 8.42 Å². The predicted octanol–water partition coefficient (Wildman–Crippen LogP) is 4.11. The van der Waals surface area contributed by atoms with Gasteiger partial charge in [0.1, 0.15) is 10.6 Å². The summed E-state index contributed by atoms with van der Waals surface area (Å²) in [6.07, 6.45) is 1.56. The minimum Gasteiger partial charge on any atom is -0.503 e. The number of sulfonamides is 1. The lowest BCUT2D eigenvalue weighted by molar-refractivity contribution is -0.790. The number of nitrogens with one attached hydrogen (secondary N) is 2. The summed E-state index contributed by atoms with van der Waals surface area (Å²) in [5.41, 5.74) is -0.178. The molecular weight excluding hydrogens is 478 g/mol. The highest BCUT2D eigenvalue weighted by atomic mass is 32.2. The lowest BCUT2D eigenvalue weighted by atomic mass is 9.86. The third kappa shape index (κ3) is 4.70. The fourth-order valence-electron chi connectivity index (χ4n) is 3.93. The smallest absolute Gasteiger partial charge is 0.324 e. The Labute approximate surface area is 202 Å². The molecule has 12 heteroatoms. The number of aromatic hydroxyl groups is 1. The number of rotatable bonds is 7. The van der Waals surface area contributed by atoms with Crippen LogP contribution in [0.1, 0.15) is 49.4 Å². The second kappa shape index (κ2) is 9.08. The van der Waals surface area contributed by atoms with E-state index in [4.69, 9.17) is 4.63 Å². The molecule has 10 nitrogen and oxygen atoms in total. The SMILES string of the molecule is Cc1ccc([C@H](Nc2no[n+]([O-])c2Nc2cccc(S(=O)(=O)N3CCCC3)c2O)C(C)(C)C)s1. The van der Waals surface area contributed by atoms with Gasteiger partial charge in [-0.3, -0.25) is 5.32 Å². The Hall–Kier alpha value is -2.83. The number of thiophene rings is 1. The molecule has 0 spiro atoms. The van der Waals surface area contributed by atoms with Crippen molar-refractivity contribution >= 4 is 38.7 Å². The van der Waals surface area contributed by atoms with E-state index in [2.05, 4.69) is 36.6 Å². The summed E-state index contributed by atoms with van der Waals surface area (Å²) in [5.74, 6) is -0.412. The first kappa shape index (κ1) is 24.3. The average molecular weight is 508 g/mol. The minimum atomic E-state index is -3.86. The zero-order valence-corrected chi connectivity index (χ0v) is 21.2. The van der Waals surface area contributed by atoms with Crippen LogP contribution in [0.3, 0.4) is 0 Å². The van der Waals surface area contributed by atoms with E-state index in [1.807, 2.05) is 19.1 Å². The first-order chi connectivity index (χ1) is 16.0. The van der Waals surface area contributed by atoms with E-state index in [0.29, 0.717) is 13.1 Å². The molecule has 1 fully saturated rings. The third-order valence-corrected chi connectivity index (χ3v) is 8.74. The van der Waals surface area contributed by atoms with Crippen LogP contribution in [0.4, 0.5) is 17.3 Å². The first-order valence-corrected chi connectivity index (χ1v) is 13.3. The maximum atomic E-state index is 13.0. The van der Waals surface area contributed by atoms with E-state index in [1.54, 1.807) is 11.3 Å². The van der Waals surface area contributed by atoms with Crippen LogP contribution in [0.2, 0.25) is 0 Å². The molecule has 0 aliphatic carbocycles. The topological polar surface area (TPSA) is 135 Å². The Morgan fingerprint density at radius 1 is 1.24 bits per heavy atom. The molecule has 0 amide bonds. The van der Waals surface area contributed by atoms with Crippen LogP contribution >= 0.6 is 11.3 Å². The van der Waals surface area contributed by atoms with Gasteiger partial charge in [-0.1, -0.05) is 31.7 Å². The van der Waals surface area contributed by atoms with Gasteiger partial charge in [0.25, 0.3) is 5.82 Å². The molecule has 2 aromatic heterocycles. The maximum absolute atomic E-state index is 13.0. The number of phenols is 1. The van der Waals surface area contributed by atoms with E-state index in [9.17, 15) is 18.7 Å². The molecule has 34 heavy (non-hydrogen) atoms. The summed E-state index contributed by atoms with van der Waals surface area (Å²) < 4.78 is 32.1. The number of hydrogen-bond donors (Lipinski definition) is 3. The van der Waals surface area contributed by atoms with E-state index >= 15 is 0 Å². The molecule has 1 saturated heterocycles. The predicted molar refractivity (Wildman–Crippen MR) is 130 cm³/mol. The van der Waals surface area contributed by atoms with Gasteiger partial charge in [0.2, 0.25) is 10.0 Å².